The van der Waals surface area contributed by atoms with Crippen molar-refractivity contribution in [2.24, 2.45) is 0 Å². The lowest BCUT2D eigenvalue weighted by Crippen LogP contribution is -2.28. The van der Waals surface area contributed by atoms with Gasteiger partial charge in [-0.1, -0.05) is 13.8 Å². The zero-order valence-electron chi connectivity index (χ0n) is 11.7. The molecule has 0 amide bonds. The molecule has 1 aromatic rings. The van der Waals surface area contributed by atoms with Gasteiger partial charge in [0.25, 0.3) is 0 Å². The minimum absolute atomic E-state index is 0.652. The molecular formula is C12H23N5O. The van der Waals surface area contributed by atoms with Gasteiger partial charge in [0.1, 0.15) is 6.33 Å². The lowest BCUT2D eigenvalue weighted by atomic mass is 10.4. The number of hydrogen-bond donors (Lipinski definition) is 2. The molecule has 0 saturated heterocycles. The zero-order valence-corrected chi connectivity index (χ0v) is 11.7. The third-order valence-corrected chi connectivity index (χ3v) is 2.86. The molecule has 0 spiro atoms. The van der Waals surface area contributed by atoms with E-state index in [9.17, 15) is 0 Å². The molecule has 102 valence electrons. The maximum Gasteiger partial charge on any atom is 0.204 e. The summed E-state index contributed by atoms with van der Waals surface area (Å²) in [4.78, 5) is 10.7. The number of anilines is 2. The van der Waals surface area contributed by atoms with Gasteiger partial charge in [0.15, 0.2) is 11.6 Å². The number of aromatic nitrogens is 2. The first kappa shape index (κ1) is 14.5. The Kier molecular flexibility index (Phi) is 6.21. The summed E-state index contributed by atoms with van der Waals surface area (Å²) in [7, 11) is 3.43. The van der Waals surface area contributed by atoms with Gasteiger partial charge >= 0.3 is 0 Å². The van der Waals surface area contributed by atoms with Crippen molar-refractivity contribution < 1.29 is 4.74 Å². The van der Waals surface area contributed by atoms with Crippen molar-refractivity contribution in [2.45, 2.75) is 13.8 Å². The minimum Gasteiger partial charge on any atom is -0.490 e. The van der Waals surface area contributed by atoms with E-state index in [0.29, 0.717) is 11.6 Å². The molecule has 0 aliphatic rings. The molecule has 2 N–H and O–H groups in total. The molecule has 1 aromatic heterocycles. The van der Waals surface area contributed by atoms with Gasteiger partial charge in [0.2, 0.25) is 5.75 Å². The summed E-state index contributed by atoms with van der Waals surface area (Å²) < 4.78 is 5.31. The topological polar surface area (TPSA) is 62.3 Å². The average molecular weight is 253 g/mol. The Bertz CT molecular complexity index is 354. The molecule has 0 aromatic carbocycles. The van der Waals surface area contributed by atoms with Gasteiger partial charge in [-0.25, -0.2) is 9.97 Å². The molecule has 0 saturated carbocycles. The molecule has 0 atom stereocenters. The highest BCUT2D eigenvalue weighted by molar-refractivity contribution is 5.63. The maximum atomic E-state index is 5.31. The Morgan fingerprint density at radius 3 is 2.44 bits per heavy atom. The Morgan fingerprint density at radius 1 is 1.22 bits per heavy atom. The monoisotopic (exact) mass is 253 g/mol. The zero-order chi connectivity index (χ0) is 13.4. The molecule has 18 heavy (non-hydrogen) atoms. The molecule has 6 heteroatoms. The van der Waals surface area contributed by atoms with Crippen LogP contribution < -0.4 is 15.4 Å². The molecule has 1 heterocycles. The number of methoxy groups -OCH3 is 1. The van der Waals surface area contributed by atoms with Crippen LogP contribution in [-0.2, 0) is 0 Å². The number of rotatable bonds is 8. The van der Waals surface area contributed by atoms with E-state index < -0.39 is 0 Å². The first-order chi connectivity index (χ1) is 8.76. The molecule has 0 bridgehead atoms. The fraction of sp³-hybridized carbons (Fsp3) is 0.667. The predicted octanol–water partition coefficient (Wildman–Crippen LogP) is 1.28. The summed E-state index contributed by atoms with van der Waals surface area (Å²) in [5.74, 6) is 2.07. The maximum absolute atomic E-state index is 5.31. The lowest BCUT2D eigenvalue weighted by molar-refractivity contribution is 0.315. The first-order valence-electron chi connectivity index (χ1n) is 6.29. The summed E-state index contributed by atoms with van der Waals surface area (Å²) in [6, 6.07) is 0. The van der Waals surface area contributed by atoms with Gasteiger partial charge in [-0.3, -0.25) is 0 Å². The summed E-state index contributed by atoms with van der Waals surface area (Å²) in [5, 5.41) is 6.26. The van der Waals surface area contributed by atoms with Gasteiger partial charge in [-0.2, -0.15) is 0 Å². The lowest BCUT2D eigenvalue weighted by Gasteiger charge is -2.19. The number of nitrogens with one attached hydrogen (secondary N) is 2. The molecule has 1 rings (SSSR count). The second-order valence-electron chi connectivity index (χ2n) is 3.81. The highest BCUT2D eigenvalue weighted by Gasteiger charge is 2.10. The Morgan fingerprint density at radius 2 is 1.89 bits per heavy atom. The largest absolute Gasteiger partial charge is 0.490 e. The summed E-state index contributed by atoms with van der Waals surface area (Å²) in [6.45, 7) is 8.25. The predicted molar refractivity (Wildman–Crippen MR) is 74.4 cm³/mol. The number of hydrogen-bond acceptors (Lipinski definition) is 6. The van der Waals surface area contributed by atoms with Crippen molar-refractivity contribution >= 4 is 11.6 Å². The highest BCUT2D eigenvalue weighted by Crippen LogP contribution is 2.27. The first-order valence-corrected chi connectivity index (χ1v) is 6.29. The van der Waals surface area contributed by atoms with E-state index in [0.717, 1.165) is 32.0 Å². The van der Waals surface area contributed by atoms with Crippen LogP contribution in [-0.4, -0.2) is 55.2 Å². The molecule has 0 unspecified atom stereocenters. The van der Waals surface area contributed by atoms with E-state index in [1.54, 1.807) is 7.11 Å². The molecule has 0 fully saturated rings. The minimum atomic E-state index is 0.652. The smallest absolute Gasteiger partial charge is 0.204 e. The summed E-state index contributed by atoms with van der Waals surface area (Å²) >= 11 is 0. The second kappa shape index (κ2) is 7.71. The van der Waals surface area contributed by atoms with Crippen molar-refractivity contribution in [1.29, 1.82) is 0 Å². The van der Waals surface area contributed by atoms with E-state index in [1.807, 2.05) is 7.05 Å². The van der Waals surface area contributed by atoms with E-state index in [2.05, 4.69) is 39.3 Å². The third kappa shape index (κ3) is 3.73. The molecule has 6 nitrogen and oxygen atoms in total. The summed E-state index contributed by atoms with van der Waals surface area (Å²) in [6.07, 6.45) is 1.52. The van der Waals surface area contributed by atoms with Crippen molar-refractivity contribution in [3.8, 4) is 5.75 Å². The van der Waals surface area contributed by atoms with Crippen molar-refractivity contribution in [3.05, 3.63) is 6.33 Å². The summed E-state index contributed by atoms with van der Waals surface area (Å²) in [5.41, 5.74) is 0. The number of nitrogens with zero attached hydrogens (tertiary/aromatic N) is 3. The van der Waals surface area contributed by atoms with Crippen LogP contribution in [0, 0.1) is 0 Å². The van der Waals surface area contributed by atoms with E-state index in [4.69, 9.17) is 4.74 Å². The van der Waals surface area contributed by atoms with E-state index >= 15 is 0 Å². The third-order valence-electron chi connectivity index (χ3n) is 2.86. The van der Waals surface area contributed by atoms with E-state index in [1.165, 1.54) is 6.33 Å². The normalized spacial score (nSPS) is 10.5. The van der Waals surface area contributed by atoms with Gasteiger partial charge in [0, 0.05) is 20.1 Å². The van der Waals surface area contributed by atoms with Crippen LogP contribution in [0.5, 0.6) is 5.75 Å². The van der Waals surface area contributed by atoms with Crippen molar-refractivity contribution in [2.75, 3.05) is 51.0 Å². The van der Waals surface area contributed by atoms with Crippen molar-refractivity contribution in [1.82, 2.24) is 14.9 Å². The second-order valence-corrected chi connectivity index (χ2v) is 3.81. The molecule has 0 aliphatic heterocycles. The van der Waals surface area contributed by atoms with Crippen LogP contribution in [0.25, 0.3) is 0 Å². The Labute approximate surface area is 109 Å². The van der Waals surface area contributed by atoms with Crippen LogP contribution in [0.2, 0.25) is 0 Å². The highest BCUT2D eigenvalue weighted by atomic mass is 16.5. The van der Waals surface area contributed by atoms with Gasteiger partial charge in [0.05, 0.1) is 7.11 Å². The SMILES string of the molecule is CCN(CC)CCNc1ncnc(NC)c1OC. The fourth-order valence-electron chi connectivity index (χ4n) is 1.74. The van der Waals surface area contributed by atoms with E-state index in [-0.39, 0.29) is 0 Å². The van der Waals surface area contributed by atoms with Crippen LogP contribution in [0.1, 0.15) is 13.8 Å². The molecular weight excluding hydrogens is 230 g/mol. The Hall–Kier alpha value is -1.56. The number of likely N-dealkylation sites (N-methyl/N-ethyl adjacent to an activating group) is 1. The number of ether oxygens (including phenoxy) is 1. The van der Waals surface area contributed by atoms with Crippen molar-refractivity contribution in [3.63, 3.8) is 0 Å². The molecule has 0 radical (unpaired) electrons. The van der Waals surface area contributed by atoms with Crippen LogP contribution in [0.3, 0.4) is 0 Å². The fourth-order valence-corrected chi connectivity index (χ4v) is 1.74. The van der Waals surface area contributed by atoms with Gasteiger partial charge in [-0.15, -0.1) is 0 Å². The standard InChI is InChI=1S/C12H23N5O/c1-5-17(6-2)8-7-14-12-10(18-4)11(13-3)15-9-16-12/h9H,5-8H2,1-4H3,(H2,13,14,15,16). The van der Waals surface area contributed by atoms with Crippen LogP contribution in [0.4, 0.5) is 11.6 Å². The van der Waals surface area contributed by atoms with Gasteiger partial charge < -0.3 is 20.3 Å². The quantitative estimate of drug-likeness (QED) is 0.728. The van der Waals surface area contributed by atoms with Crippen LogP contribution >= 0.6 is 0 Å². The van der Waals surface area contributed by atoms with Gasteiger partial charge in [-0.05, 0) is 13.1 Å². The average Bonchev–Trinajstić information content (AvgIpc) is 2.43. The molecule has 0 aliphatic carbocycles. The Balaban J connectivity index is 2.61. The van der Waals surface area contributed by atoms with Crippen LogP contribution in [0.15, 0.2) is 6.33 Å².